The van der Waals surface area contributed by atoms with Crippen LogP contribution in [0.1, 0.15) is 269 Å². The highest BCUT2D eigenvalue weighted by Crippen LogP contribution is 2.44. The van der Waals surface area contributed by atoms with Crippen LogP contribution in [0.5, 0.6) is 0 Å². The predicted octanol–water partition coefficient (Wildman–Crippen LogP) is 20.3. The molecule has 0 aromatic heterocycles. The minimum Gasteiger partial charge on any atom is -0.0993 e. The molecule has 0 rings (SSSR count). The van der Waals surface area contributed by atoms with Crippen LogP contribution in [0.15, 0.2) is 48.6 Å². The zero-order valence-corrected chi connectivity index (χ0v) is 37.7. The molecule has 0 aliphatic heterocycles. The van der Waals surface area contributed by atoms with E-state index < -0.39 is 0 Å². The fourth-order valence-corrected chi connectivity index (χ4v) is 8.30. The summed E-state index contributed by atoms with van der Waals surface area (Å²) in [5.74, 6) is 13.6. The molecule has 0 bridgehead atoms. The second kappa shape index (κ2) is 38.0. The Balaban J connectivity index is -0.000000669. The summed E-state index contributed by atoms with van der Waals surface area (Å²) >= 11 is 0. The third kappa shape index (κ3) is 26.8. The molecule has 0 unspecified atom stereocenters. The first-order chi connectivity index (χ1) is 26.3. The summed E-state index contributed by atoms with van der Waals surface area (Å²) in [6, 6.07) is 0. The van der Waals surface area contributed by atoms with Gasteiger partial charge in [-0.3, -0.25) is 0 Å². The second-order valence-corrected chi connectivity index (χ2v) is 17.0. The van der Waals surface area contributed by atoms with Crippen molar-refractivity contribution in [2.75, 3.05) is 0 Å². The Morgan fingerprint density at radius 2 is 0.741 bits per heavy atom. The summed E-state index contributed by atoms with van der Waals surface area (Å²) in [5.41, 5.74) is 5.06. The van der Waals surface area contributed by atoms with Crippen molar-refractivity contribution in [3.63, 3.8) is 0 Å². The first kappa shape index (κ1) is 52.1. The number of rotatable bonds is 40. The van der Waals surface area contributed by atoms with E-state index in [0.29, 0.717) is 5.92 Å². The highest BCUT2D eigenvalue weighted by Gasteiger charge is 2.34. The number of unbranched alkanes of at least 4 members (excludes halogenated alkanes) is 24. The van der Waals surface area contributed by atoms with E-state index in [2.05, 4.69) is 51.4 Å². The van der Waals surface area contributed by atoms with Gasteiger partial charge in [0.25, 0.3) is 0 Å². The van der Waals surface area contributed by atoms with Crippen molar-refractivity contribution in [3.05, 3.63) is 48.6 Å². The molecule has 0 aromatic carbocycles. The molecule has 54 heavy (non-hydrogen) atoms. The number of hydrogen-bond acceptors (Lipinski definition) is 0. The lowest BCUT2D eigenvalue weighted by Crippen LogP contribution is -2.25. The van der Waals surface area contributed by atoms with E-state index in [9.17, 15) is 0 Å². The standard InChI is InChI=1S/C54H94.7H2/c1-10-15-20-24-28-32-36-42-49(6)53(50(7)43-37-33-29-25-21-16-11-2)46-41-48-54(47-40-19-14-5,51(8)44-38-34-30-26-22-17-12-3)52(9)45-39-35-31-27-23-18-13-4;;;;;;;/h53H,6-13,15-18,20-39,41-46,48H2,1-5H3;7*1H. The van der Waals surface area contributed by atoms with Crippen molar-refractivity contribution in [3.8, 4) is 23.7 Å². The lowest BCUT2D eigenvalue weighted by Gasteiger charge is -2.35. The van der Waals surface area contributed by atoms with Crippen LogP contribution in [0.4, 0.5) is 0 Å². The van der Waals surface area contributed by atoms with Gasteiger partial charge in [0.1, 0.15) is 0 Å². The molecule has 0 radical (unpaired) electrons. The highest BCUT2D eigenvalue weighted by atomic mass is 14.4. The van der Waals surface area contributed by atoms with Gasteiger partial charge in [0.05, 0.1) is 5.41 Å². The van der Waals surface area contributed by atoms with Gasteiger partial charge in [-0.1, -0.05) is 249 Å². The summed E-state index contributed by atoms with van der Waals surface area (Å²) in [6.45, 7) is 30.3. The Morgan fingerprint density at radius 1 is 0.426 bits per heavy atom. The molecule has 0 aromatic rings. The zero-order valence-electron chi connectivity index (χ0n) is 37.7. The number of allylic oxidation sites excluding steroid dienone is 4. The zero-order chi connectivity index (χ0) is 40.0. The molecule has 0 N–H and O–H groups in total. The van der Waals surface area contributed by atoms with Gasteiger partial charge in [0, 0.05) is 15.9 Å². The molecule has 0 fully saturated rings. The Kier molecular flexibility index (Phi) is 36.6. The van der Waals surface area contributed by atoms with E-state index in [1.54, 1.807) is 0 Å². The van der Waals surface area contributed by atoms with Gasteiger partial charge in [-0.15, -0.1) is 0 Å². The molecule has 0 atom stereocenters. The minimum absolute atomic E-state index is 0. The van der Waals surface area contributed by atoms with Crippen LogP contribution in [0.3, 0.4) is 0 Å². The van der Waals surface area contributed by atoms with Crippen LogP contribution in [0.25, 0.3) is 0 Å². The fraction of sp³-hybridized carbons (Fsp3) is 0.778. The molecular formula is C54H108. The Bertz CT molecular complexity index is 1030. The van der Waals surface area contributed by atoms with Crippen LogP contribution < -0.4 is 0 Å². The Labute approximate surface area is 352 Å². The first-order valence-corrected chi connectivity index (χ1v) is 24.0. The monoisotopic (exact) mass is 757 g/mol. The van der Waals surface area contributed by atoms with Gasteiger partial charge in [0.15, 0.2) is 0 Å². The lowest BCUT2D eigenvalue weighted by atomic mass is 9.68. The normalized spacial score (nSPS) is 11.2. The molecule has 0 saturated heterocycles. The summed E-state index contributed by atoms with van der Waals surface area (Å²) in [6.07, 6.45) is 44.8. The van der Waals surface area contributed by atoms with E-state index in [1.165, 1.54) is 202 Å². The summed E-state index contributed by atoms with van der Waals surface area (Å²) in [5, 5.41) is 0. The van der Waals surface area contributed by atoms with Crippen LogP contribution in [-0.4, -0.2) is 0 Å². The average molecular weight is 757 g/mol. The van der Waals surface area contributed by atoms with Crippen LogP contribution in [-0.2, 0) is 0 Å². The predicted molar refractivity (Wildman–Crippen MR) is 263 cm³/mol. The molecule has 0 saturated carbocycles. The maximum atomic E-state index is 4.83. The maximum absolute atomic E-state index is 4.83. The largest absolute Gasteiger partial charge is 0.0993 e. The molecule has 0 spiro atoms. The highest BCUT2D eigenvalue weighted by molar-refractivity contribution is 5.42. The van der Waals surface area contributed by atoms with Gasteiger partial charge in [-0.05, 0) is 83.0 Å². The van der Waals surface area contributed by atoms with E-state index in [1.807, 2.05) is 6.92 Å². The smallest absolute Gasteiger partial charge is 0.0737 e. The molecule has 0 amide bonds. The Hall–Kier alpha value is -1.92. The van der Waals surface area contributed by atoms with Gasteiger partial charge in [-0.2, -0.15) is 0 Å². The Morgan fingerprint density at radius 3 is 1.07 bits per heavy atom. The van der Waals surface area contributed by atoms with Gasteiger partial charge in [0.2, 0.25) is 0 Å². The maximum Gasteiger partial charge on any atom is 0.0737 e. The second-order valence-electron chi connectivity index (χ2n) is 17.0. The van der Waals surface area contributed by atoms with Gasteiger partial charge in [-0.25, -0.2) is 0 Å². The van der Waals surface area contributed by atoms with Gasteiger partial charge < -0.3 is 0 Å². The molecular weight excluding hydrogens is 649 g/mol. The molecule has 0 aliphatic rings. The van der Waals surface area contributed by atoms with E-state index >= 15 is 0 Å². The quantitative estimate of drug-likeness (QED) is 0.0332. The molecule has 0 heteroatoms. The third-order valence-corrected chi connectivity index (χ3v) is 12.1. The van der Waals surface area contributed by atoms with Gasteiger partial charge >= 0.3 is 0 Å². The average Bonchev–Trinajstić information content (AvgIpc) is 3.17. The lowest BCUT2D eigenvalue weighted by molar-refractivity contribution is 0.424. The topological polar surface area (TPSA) is 0 Å². The van der Waals surface area contributed by atoms with E-state index in [-0.39, 0.29) is 15.4 Å². The third-order valence-electron chi connectivity index (χ3n) is 12.1. The van der Waals surface area contributed by atoms with Crippen LogP contribution in [0.2, 0.25) is 0 Å². The summed E-state index contributed by atoms with van der Waals surface area (Å²) in [7, 11) is 0. The molecule has 324 valence electrons. The minimum atomic E-state index is -0.363. The van der Waals surface area contributed by atoms with Crippen molar-refractivity contribution in [1.82, 2.24) is 0 Å². The van der Waals surface area contributed by atoms with E-state index in [4.69, 9.17) is 26.3 Å². The van der Waals surface area contributed by atoms with E-state index in [0.717, 1.165) is 44.9 Å². The van der Waals surface area contributed by atoms with Crippen molar-refractivity contribution in [2.45, 2.75) is 259 Å². The van der Waals surface area contributed by atoms with Crippen molar-refractivity contribution in [2.24, 2.45) is 11.3 Å². The molecule has 0 nitrogen and oxygen atoms in total. The fourth-order valence-electron chi connectivity index (χ4n) is 8.30. The summed E-state index contributed by atoms with van der Waals surface area (Å²) < 4.78 is 0. The van der Waals surface area contributed by atoms with Crippen molar-refractivity contribution >= 4 is 0 Å². The van der Waals surface area contributed by atoms with Crippen molar-refractivity contribution in [1.29, 1.82) is 0 Å². The van der Waals surface area contributed by atoms with Crippen molar-refractivity contribution < 1.29 is 9.99 Å². The summed E-state index contributed by atoms with van der Waals surface area (Å²) in [4.78, 5) is 0. The first-order valence-electron chi connectivity index (χ1n) is 24.0. The SMILES string of the molecule is C=C(CCCCCCCCC)C(CCCC(C#CC#CC)(C(=C)CCCCCCCCC)C(=C)CCCCCCCCC)C(=C)CCCCCCCCC.[HH].[HH].[HH].[HH].[HH].[HH].[HH]. The molecule has 0 aliphatic carbocycles. The van der Waals surface area contributed by atoms with Crippen LogP contribution in [0, 0.1) is 35.0 Å². The van der Waals surface area contributed by atoms with Crippen LogP contribution >= 0.6 is 0 Å². The number of hydrogen-bond donors (Lipinski definition) is 0. The molecule has 0 heterocycles.